The number of phosphoric acid groups is 1. The molecule has 0 aliphatic heterocycles. The van der Waals surface area contributed by atoms with Gasteiger partial charge in [-0.1, -0.05) is 210 Å². The first-order valence-electron chi connectivity index (χ1n) is 29.2. The van der Waals surface area contributed by atoms with Crippen LogP contribution in [0, 0.1) is 0 Å². The van der Waals surface area contributed by atoms with Crippen LogP contribution in [0.2, 0.25) is 0 Å². The lowest BCUT2D eigenvalue weighted by Gasteiger charge is -2.28. The first kappa shape index (κ1) is 71.6. The Morgan fingerprint density at radius 3 is 1.14 bits per heavy atom. The van der Waals surface area contributed by atoms with Gasteiger partial charge in [0, 0.05) is 12.8 Å². The van der Waals surface area contributed by atoms with Crippen molar-refractivity contribution in [1.82, 2.24) is 0 Å². The minimum absolute atomic E-state index is 0.0514. The molecule has 9 nitrogen and oxygen atoms in total. The Kier molecular flexibility index (Phi) is 52.2. The van der Waals surface area contributed by atoms with Crippen LogP contribution in [0.15, 0.2) is 158 Å². The Labute approximate surface area is 465 Å². The van der Waals surface area contributed by atoms with E-state index in [2.05, 4.69) is 172 Å². The lowest BCUT2D eigenvalue weighted by Crippen LogP contribution is -2.37. The number of hydrogen-bond acceptors (Lipinski definition) is 8. The molecular weight excluding hydrogens is 966 g/mol. The number of esters is 2. The number of nitrogens with zero attached hydrogens (tertiary/aromatic N) is 1. The maximum atomic E-state index is 12.8. The summed E-state index contributed by atoms with van der Waals surface area (Å²) in [6.07, 6.45) is 82.9. The van der Waals surface area contributed by atoms with E-state index in [1.165, 1.54) is 25.7 Å². The summed E-state index contributed by atoms with van der Waals surface area (Å²) in [4.78, 5) is 37.8. The summed E-state index contributed by atoms with van der Waals surface area (Å²) < 4.78 is 34.1. The van der Waals surface area contributed by atoms with Crippen LogP contribution in [0.5, 0.6) is 0 Å². The van der Waals surface area contributed by atoms with Crippen molar-refractivity contribution < 1.29 is 42.1 Å². The van der Waals surface area contributed by atoms with Crippen LogP contribution in [0.3, 0.4) is 0 Å². The molecule has 0 fully saturated rings. The fourth-order valence-electron chi connectivity index (χ4n) is 7.04. The predicted octanol–water partition coefficient (Wildman–Crippen LogP) is 17.8. The number of likely N-dealkylation sites (N-methyl/N-ethyl adjacent to an activating group) is 1. The lowest BCUT2D eigenvalue weighted by molar-refractivity contribution is -0.870. The predicted molar refractivity (Wildman–Crippen MR) is 323 cm³/mol. The minimum Gasteiger partial charge on any atom is -0.756 e. The standard InChI is InChI=1S/C66H106NO8P/c1-6-8-10-12-14-16-18-20-22-24-26-27-28-29-30-31-32-33-34-35-36-37-38-39-41-43-45-47-49-51-53-55-57-59-66(69)75-64(63-74-76(70,71)73-61-60-67(3,4)5)62-72-65(68)58-56-54-52-50-48-46-44-42-40-25-23-21-19-17-15-13-11-9-7-2/h8,10,14-17,20-23,26-27,29-30,32-33,35-36,38-40,42-43,45,49,51,64H,6-7,9,11-13,18-19,24-25,28,31,34,37,41,44,46-48,50,52-63H2,1-5H3/b10-8-,16-14-,17-15-,22-20-,23-21-,27-26-,30-29-,33-32-,36-35-,39-38-,42-40-,45-43-,51-49-. The summed E-state index contributed by atoms with van der Waals surface area (Å²) in [5.41, 5.74) is 0. The molecule has 0 aliphatic rings. The molecule has 0 aromatic carbocycles. The molecular formula is C66H106NO8P. The number of quaternary nitrogens is 1. The number of carbonyl (C=O) groups is 2. The van der Waals surface area contributed by atoms with Gasteiger partial charge in [0.1, 0.15) is 19.8 Å². The molecule has 10 heteroatoms. The van der Waals surface area contributed by atoms with Crippen LogP contribution in [0.4, 0.5) is 0 Å². The van der Waals surface area contributed by atoms with Crippen molar-refractivity contribution in [3.63, 3.8) is 0 Å². The van der Waals surface area contributed by atoms with E-state index in [9.17, 15) is 19.0 Å². The summed E-state index contributed by atoms with van der Waals surface area (Å²) in [6.45, 7) is 4.00. The highest BCUT2D eigenvalue weighted by Gasteiger charge is 2.21. The third-order valence-corrected chi connectivity index (χ3v) is 12.5. The summed E-state index contributed by atoms with van der Waals surface area (Å²) in [6, 6.07) is 0. The fourth-order valence-corrected chi connectivity index (χ4v) is 7.77. The second kappa shape index (κ2) is 55.4. The van der Waals surface area contributed by atoms with E-state index in [0.29, 0.717) is 23.9 Å². The number of rotatable bonds is 51. The largest absolute Gasteiger partial charge is 0.756 e. The SMILES string of the molecule is CC/C=C\C/C=C\C/C=C\C/C=C\C/C=C\C/C=C\C/C=C\C/C=C\C/C=C\C/C=C\CCCCC(=O)OC(COC(=O)CCCCCCCC/C=C\C/C=C\C/C=C\CCCCC)COP(=O)([O-])OCC[N+](C)(C)C. The summed E-state index contributed by atoms with van der Waals surface area (Å²) >= 11 is 0. The van der Waals surface area contributed by atoms with Crippen molar-refractivity contribution >= 4 is 19.8 Å². The second-order valence-corrected chi connectivity index (χ2v) is 21.3. The molecule has 0 radical (unpaired) electrons. The lowest BCUT2D eigenvalue weighted by atomic mass is 10.1. The van der Waals surface area contributed by atoms with Gasteiger partial charge in [0.05, 0.1) is 27.7 Å². The quantitative estimate of drug-likeness (QED) is 0.0195. The van der Waals surface area contributed by atoms with Gasteiger partial charge < -0.3 is 27.9 Å². The molecule has 0 N–H and O–H groups in total. The van der Waals surface area contributed by atoms with Crippen LogP contribution < -0.4 is 4.89 Å². The molecule has 0 saturated heterocycles. The molecule has 0 saturated carbocycles. The Bertz CT molecular complexity index is 1840. The summed E-state index contributed by atoms with van der Waals surface area (Å²) in [7, 11) is 1.10. The highest BCUT2D eigenvalue weighted by molar-refractivity contribution is 7.45. The van der Waals surface area contributed by atoms with Crippen molar-refractivity contribution in [2.24, 2.45) is 0 Å². The number of carbonyl (C=O) groups excluding carboxylic acids is 2. The smallest absolute Gasteiger partial charge is 0.306 e. The van der Waals surface area contributed by atoms with E-state index in [1.54, 1.807) is 0 Å². The van der Waals surface area contributed by atoms with Crippen LogP contribution >= 0.6 is 7.82 Å². The normalized spacial score (nSPS) is 14.4. The molecule has 0 rings (SSSR count). The van der Waals surface area contributed by atoms with Gasteiger partial charge in [0.2, 0.25) is 0 Å². The van der Waals surface area contributed by atoms with Crippen molar-refractivity contribution in [3.05, 3.63) is 158 Å². The number of phosphoric ester groups is 1. The fraction of sp³-hybridized carbons (Fsp3) is 0.576. The molecule has 0 heterocycles. The Morgan fingerprint density at radius 1 is 0.421 bits per heavy atom. The highest BCUT2D eigenvalue weighted by atomic mass is 31.2. The number of allylic oxidation sites excluding steroid dienone is 26. The second-order valence-electron chi connectivity index (χ2n) is 19.9. The molecule has 0 aromatic heterocycles. The molecule has 2 atom stereocenters. The van der Waals surface area contributed by atoms with E-state index in [1.807, 2.05) is 21.1 Å². The third-order valence-electron chi connectivity index (χ3n) is 11.5. The average molecular weight is 1070 g/mol. The van der Waals surface area contributed by atoms with Gasteiger partial charge in [-0.25, -0.2) is 0 Å². The summed E-state index contributed by atoms with van der Waals surface area (Å²) in [5.74, 6) is -0.914. The zero-order valence-corrected chi connectivity index (χ0v) is 49.3. The van der Waals surface area contributed by atoms with Gasteiger partial charge in [0.15, 0.2) is 6.10 Å². The molecule has 2 unspecified atom stereocenters. The molecule has 0 spiro atoms. The number of ether oxygens (including phenoxy) is 2. The zero-order chi connectivity index (χ0) is 55.6. The Hall–Kier alpha value is -4.37. The van der Waals surface area contributed by atoms with E-state index in [4.69, 9.17) is 18.5 Å². The Morgan fingerprint density at radius 2 is 0.750 bits per heavy atom. The van der Waals surface area contributed by atoms with E-state index < -0.39 is 32.5 Å². The molecule has 0 amide bonds. The molecule has 76 heavy (non-hydrogen) atoms. The van der Waals surface area contributed by atoms with Gasteiger partial charge in [-0.05, 0) is 128 Å². The van der Waals surface area contributed by atoms with Crippen molar-refractivity contribution in [2.45, 2.75) is 200 Å². The zero-order valence-electron chi connectivity index (χ0n) is 48.4. The van der Waals surface area contributed by atoms with Gasteiger partial charge in [-0.3, -0.25) is 14.2 Å². The van der Waals surface area contributed by atoms with Gasteiger partial charge in [-0.2, -0.15) is 0 Å². The van der Waals surface area contributed by atoms with Crippen LogP contribution in [0.25, 0.3) is 0 Å². The topological polar surface area (TPSA) is 111 Å². The van der Waals surface area contributed by atoms with Gasteiger partial charge in [0.25, 0.3) is 7.82 Å². The van der Waals surface area contributed by atoms with E-state index >= 15 is 0 Å². The molecule has 0 bridgehead atoms. The molecule has 0 aliphatic carbocycles. The van der Waals surface area contributed by atoms with E-state index in [-0.39, 0.29) is 26.1 Å². The van der Waals surface area contributed by atoms with Gasteiger partial charge in [-0.15, -0.1) is 0 Å². The maximum absolute atomic E-state index is 12.8. The summed E-state index contributed by atoms with van der Waals surface area (Å²) in [5, 5.41) is 0. The van der Waals surface area contributed by atoms with Crippen LogP contribution in [0.1, 0.15) is 194 Å². The maximum Gasteiger partial charge on any atom is 0.306 e. The number of hydrogen-bond donors (Lipinski definition) is 0. The molecule has 428 valence electrons. The third kappa shape index (κ3) is 58.9. The Balaban J connectivity index is 4.34. The van der Waals surface area contributed by atoms with Gasteiger partial charge >= 0.3 is 11.9 Å². The monoisotopic (exact) mass is 1070 g/mol. The number of unbranched alkanes of at least 4 members (excludes halogenated alkanes) is 11. The first-order valence-corrected chi connectivity index (χ1v) is 30.7. The van der Waals surface area contributed by atoms with Crippen LogP contribution in [-0.2, 0) is 32.7 Å². The average Bonchev–Trinajstić information content (AvgIpc) is 3.38. The highest BCUT2D eigenvalue weighted by Crippen LogP contribution is 2.38. The first-order chi connectivity index (χ1) is 37.0. The molecule has 0 aromatic rings. The van der Waals surface area contributed by atoms with Crippen molar-refractivity contribution in [1.29, 1.82) is 0 Å². The van der Waals surface area contributed by atoms with Crippen molar-refractivity contribution in [3.8, 4) is 0 Å². The minimum atomic E-state index is -4.66. The van der Waals surface area contributed by atoms with E-state index in [0.717, 1.165) is 128 Å². The van der Waals surface area contributed by atoms with Crippen molar-refractivity contribution in [2.75, 3.05) is 47.5 Å². The van der Waals surface area contributed by atoms with Crippen LogP contribution in [-0.4, -0.2) is 70.0 Å².